The van der Waals surface area contributed by atoms with Gasteiger partial charge in [-0.25, -0.2) is 0 Å². The second-order valence-corrected chi connectivity index (χ2v) is 6.19. The van der Waals surface area contributed by atoms with Crippen LogP contribution in [-0.4, -0.2) is 58.8 Å². The van der Waals surface area contributed by atoms with Crippen LogP contribution in [0.1, 0.15) is 6.42 Å². The van der Waals surface area contributed by atoms with E-state index in [1.165, 1.54) is 7.11 Å². The summed E-state index contributed by atoms with van der Waals surface area (Å²) in [4.78, 5) is 26.2. The zero-order chi connectivity index (χ0) is 18.2. The Morgan fingerprint density at radius 3 is 2.84 bits per heavy atom. The van der Waals surface area contributed by atoms with Crippen LogP contribution in [0.2, 0.25) is 5.02 Å². The molecule has 1 atom stereocenters. The maximum atomic E-state index is 12.3. The Bertz CT molecular complexity index is 612. The summed E-state index contributed by atoms with van der Waals surface area (Å²) in [6, 6.07) is 5.09. The molecular weight excluding hydrogens is 346 g/mol. The first-order valence-electron chi connectivity index (χ1n) is 8.18. The number of benzene rings is 1. The maximum absolute atomic E-state index is 12.3. The summed E-state index contributed by atoms with van der Waals surface area (Å²) in [6.45, 7) is 2.84. The molecular formula is C17H24ClN3O4. The van der Waals surface area contributed by atoms with E-state index in [-0.39, 0.29) is 24.2 Å². The maximum Gasteiger partial charge on any atom is 0.227 e. The monoisotopic (exact) mass is 369 g/mol. The first-order chi connectivity index (χ1) is 12.1. The molecule has 1 aliphatic heterocycles. The number of ether oxygens (including phenoxy) is 2. The molecule has 1 aromatic rings. The van der Waals surface area contributed by atoms with Gasteiger partial charge in [0.1, 0.15) is 5.75 Å². The minimum Gasteiger partial charge on any atom is -0.495 e. The highest BCUT2D eigenvalue weighted by molar-refractivity contribution is 6.31. The second-order valence-electron chi connectivity index (χ2n) is 5.76. The van der Waals surface area contributed by atoms with E-state index >= 15 is 0 Å². The number of carbonyl (C=O) groups is 2. The molecule has 25 heavy (non-hydrogen) atoms. The minimum absolute atomic E-state index is 0.112. The average molecular weight is 370 g/mol. The van der Waals surface area contributed by atoms with Gasteiger partial charge in [0.25, 0.3) is 0 Å². The van der Waals surface area contributed by atoms with E-state index in [9.17, 15) is 9.59 Å². The Kier molecular flexibility index (Phi) is 7.49. The number of nitrogens with one attached hydrogen (secondary N) is 2. The lowest BCUT2D eigenvalue weighted by Gasteiger charge is -2.20. The number of nitrogens with zero attached hydrogens (tertiary/aromatic N) is 1. The molecule has 0 bridgehead atoms. The quantitative estimate of drug-likeness (QED) is 0.636. The van der Waals surface area contributed by atoms with Crippen LogP contribution in [0.15, 0.2) is 18.2 Å². The molecule has 2 rings (SSSR count). The fourth-order valence-corrected chi connectivity index (χ4v) is 2.87. The number of hydrogen-bond donors (Lipinski definition) is 2. The van der Waals surface area contributed by atoms with Crippen LogP contribution in [0.5, 0.6) is 5.75 Å². The highest BCUT2D eigenvalue weighted by Gasteiger charge is 2.36. The van der Waals surface area contributed by atoms with Crippen molar-refractivity contribution in [2.75, 3.05) is 51.9 Å². The van der Waals surface area contributed by atoms with Crippen LogP contribution in [-0.2, 0) is 14.3 Å². The van der Waals surface area contributed by atoms with Crippen molar-refractivity contribution in [3.05, 3.63) is 23.2 Å². The predicted molar refractivity (Wildman–Crippen MR) is 96.2 cm³/mol. The van der Waals surface area contributed by atoms with E-state index in [4.69, 9.17) is 21.1 Å². The van der Waals surface area contributed by atoms with Crippen LogP contribution in [0.25, 0.3) is 0 Å². The SMILES string of the molecule is COCCNCCNC(=O)C1CC(=O)N(c2cc(Cl)ccc2OC)C1. The molecule has 2 amide bonds. The van der Waals surface area contributed by atoms with Gasteiger partial charge < -0.3 is 25.0 Å². The molecule has 1 aliphatic rings. The van der Waals surface area contributed by atoms with Crippen LogP contribution in [0, 0.1) is 5.92 Å². The molecule has 0 spiro atoms. The molecule has 7 nitrogen and oxygen atoms in total. The Morgan fingerprint density at radius 1 is 1.32 bits per heavy atom. The summed E-state index contributed by atoms with van der Waals surface area (Å²) >= 11 is 6.03. The third kappa shape index (κ3) is 5.32. The van der Waals surface area contributed by atoms with Gasteiger partial charge in [-0.05, 0) is 18.2 Å². The van der Waals surface area contributed by atoms with Gasteiger partial charge >= 0.3 is 0 Å². The third-order valence-corrected chi connectivity index (χ3v) is 4.25. The van der Waals surface area contributed by atoms with Gasteiger partial charge in [0.2, 0.25) is 11.8 Å². The van der Waals surface area contributed by atoms with Gasteiger partial charge in [-0.15, -0.1) is 0 Å². The summed E-state index contributed by atoms with van der Waals surface area (Å²) in [7, 11) is 3.18. The summed E-state index contributed by atoms with van der Waals surface area (Å²) in [5, 5.41) is 6.52. The van der Waals surface area contributed by atoms with Crippen molar-refractivity contribution >= 4 is 29.1 Å². The number of amides is 2. The zero-order valence-electron chi connectivity index (χ0n) is 14.5. The molecule has 1 aromatic carbocycles. The highest BCUT2D eigenvalue weighted by Crippen LogP contribution is 2.35. The summed E-state index contributed by atoms with van der Waals surface area (Å²) < 4.78 is 10.2. The van der Waals surface area contributed by atoms with Crippen molar-refractivity contribution in [3.63, 3.8) is 0 Å². The van der Waals surface area contributed by atoms with E-state index in [1.807, 2.05) is 0 Å². The van der Waals surface area contributed by atoms with Crippen molar-refractivity contribution in [2.24, 2.45) is 5.92 Å². The van der Waals surface area contributed by atoms with Gasteiger partial charge in [0.15, 0.2) is 0 Å². The molecule has 1 saturated heterocycles. The molecule has 0 radical (unpaired) electrons. The van der Waals surface area contributed by atoms with Crippen molar-refractivity contribution in [1.29, 1.82) is 0 Å². The molecule has 0 saturated carbocycles. The summed E-state index contributed by atoms with van der Waals surface area (Å²) in [6.07, 6.45) is 0.179. The number of hydrogen-bond acceptors (Lipinski definition) is 5. The molecule has 2 N–H and O–H groups in total. The summed E-state index contributed by atoms with van der Waals surface area (Å²) in [5.74, 6) is -0.0550. The lowest BCUT2D eigenvalue weighted by Crippen LogP contribution is -2.37. The van der Waals surface area contributed by atoms with E-state index < -0.39 is 0 Å². The van der Waals surface area contributed by atoms with Crippen molar-refractivity contribution in [3.8, 4) is 5.75 Å². The zero-order valence-corrected chi connectivity index (χ0v) is 15.3. The number of rotatable bonds is 9. The van der Waals surface area contributed by atoms with Crippen LogP contribution < -0.4 is 20.3 Å². The molecule has 1 heterocycles. The first kappa shape index (κ1) is 19.5. The van der Waals surface area contributed by atoms with Gasteiger partial charge in [0, 0.05) is 44.7 Å². The molecule has 0 aromatic heterocycles. The number of methoxy groups -OCH3 is 2. The highest BCUT2D eigenvalue weighted by atomic mass is 35.5. The average Bonchev–Trinajstić information content (AvgIpc) is 2.99. The Balaban J connectivity index is 1.89. The second kappa shape index (κ2) is 9.60. The number of carbonyl (C=O) groups excluding carboxylic acids is 2. The van der Waals surface area contributed by atoms with Crippen molar-refractivity contribution in [2.45, 2.75) is 6.42 Å². The first-order valence-corrected chi connectivity index (χ1v) is 8.56. The standard InChI is InChI=1S/C17H24ClN3O4/c1-24-8-7-19-5-6-20-17(23)12-9-16(22)21(11-12)14-10-13(18)3-4-15(14)25-2/h3-4,10,12,19H,5-9,11H2,1-2H3,(H,20,23). The van der Waals surface area contributed by atoms with Crippen LogP contribution >= 0.6 is 11.6 Å². The lowest BCUT2D eigenvalue weighted by atomic mass is 10.1. The van der Waals surface area contributed by atoms with Gasteiger partial charge in [-0.3, -0.25) is 9.59 Å². The van der Waals surface area contributed by atoms with E-state index in [0.29, 0.717) is 42.7 Å². The van der Waals surface area contributed by atoms with Crippen LogP contribution in [0.3, 0.4) is 0 Å². The van der Waals surface area contributed by atoms with E-state index in [0.717, 1.165) is 6.54 Å². The smallest absolute Gasteiger partial charge is 0.227 e. The third-order valence-electron chi connectivity index (χ3n) is 4.01. The normalized spacial score (nSPS) is 17.0. The topological polar surface area (TPSA) is 79.9 Å². The predicted octanol–water partition coefficient (Wildman–Crippen LogP) is 1.05. The fourth-order valence-electron chi connectivity index (χ4n) is 2.71. The minimum atomic E-state index is -0.379. The van der Waals surface area contributed by atoms with Crippen molar-refractivity contribution in [1.82, 2.24) is 10.6 Å². The lowest BCUT2D eigenvalue weighted by molar-refractivity contribution is -0.126. The molecule has 1 unspecified atom stereocenters. The van der Waals surface area contributed by atoms with Crippen LogP contribution in [0.4, 0.5) is 5.69 Å². The van der Waals surface area contributed by atoms with Crippen molar-refractivity contribution < 1.29 is 19.1 Å². The fraction of sp³-hybridized carbons (Fsp3) is 0.529. The van der Waals surface area contributed by atoms with Gasteiger partial charge in [-0.1, -0.05) is 11.6 Å². The number of anilines is 1. The van der Waals surface area contributed by atoms with Gasteiger partial charge in [0.05, 0.1) is 25.3 Å². The van der Waals surface area contributed by atoms with E-state index in [1.54, 1.807) is 30.2 Å². The molecule has 138 valence electrons. The Hall–Kier alpha value is -1.83. The Morgan fingerprint density at radius 2 is 2.12 bits per heavy atom. The largest absolute Gasteiger partial charge is 0.495 e. The molecule has 8 heteroatoms. The number of halogens is 1. The Labute approximate surface area is 152 Å². The summed E-state index contributed by atoms with van der Waals surface area (Å²) in [5.41, 5.74) is 0.594. The van der Waals surface area contributed by atoms with Gasteiger partial charge in [-0.2, -0.15) is 0 Å². The molecule has 1 fully saturated rings. The molecule has 0 aliphatic carbocycles. The van der Waals surface area contributed by atoms with E-state index in [2.05, 4.69) is 10.6 Å².